The first-order valence-electron chi connectivity index (χ1n) is 13.1. The Kier molecular flexibility index (Phi) is 9.18. The Balaban J connectivity index is 2.39. The standard InChI is InChI=1S/C30H36Cl2F2N2O2/c1-7-29(8-2,9-3)16-23-30(17-35,20-14-13-18(31)15-22(20)33)24(19-11-10-12-21(32)25(19)34)26(36-23)27(37)38-28(4,5)6/h10-15,23-24,26,36H,7-9,16H2,1-6H3. The van der Waals surface area contributed by atoms with Gasteiger partial charge in [0, 0.05) is 22.5 Å². The van der Waals surface area contributed by atoms with Gasteiger partial charge in [0.15, 0.2) is 0 Å². The van der Waals surface area contributed by atoms with Gasteiger partial charge >= 0.3 is 5.97 Å². The van der Waals surface area contributed by atoms with Crippen molar-refractivity contribution in [3.63, 3.8) is 0 Å². The van der Waals surface area contributed by atoms with Crippen molar-refractivity contribution in [2.45, 2.75) is 96.2 Å². The Bertz CT molecular complexity index is 1210. The molecule has 0 amide bonds. The molecule has 38 heavy (non-hydrogen) atoms. The molecular weight excluding hydrogens is 529 g/mol. The molecule has 2 aromatic rings. The van der Waals surface area contributed by atoms with Gasteiger partial charge in [-0.05, 0) is 56.4 Å². The molecule has 1 N–H and O–H groups in total. The third-order valence-electron chi connectivity index (χ3n) is 8.18. The second-order valence-corrected chi connectivity index (χ2v) is 12.1. The van der Waals surface area contributed by atoms with E-state index in [0.29, 0.717) is 6.42 Å². The van der Waals surface area contributed by atoms with E-state index in [4.69, 9.17) is 27.9 Å². The van der Waals surface area contributed by atoms with Crippen molar-refractivity contribution in [1.82, 2.24) is 5.32 Å². The van der Waals surface area contributed by atoms with Crippen LogP contribution in [0.15, 0.2) is 36.4 Å². The summed E-state index contributed by atoms with van der Waals surface area (Å²) in [6.07, 6.45) is 2.91. The summed E-state index contributed by atoms with van der Waals surface area (Å²) >= 11 is 12.3. The van der Waals surface area contributed by atoms with Crippen LogP contribution in [0.2, 0.25) is 10.0 Å². The number of ether oxygens (including phenoxy) is 1. The fourth-order valence-electron chi connectivity index (χ4n) is 5.90. The predicted molar refractivity (Wildman–Crippen MR) is 147 cm³/mol. The first kappa shape index (κ1) is 30.3. The summed E-state index contributed by atoms with van der Waals surface area (Å²) in [7, 11) is 0. The van der Waals surface area contributed by atoms with Gasteiger partial charge < -0.3 is 4.74 Å². The van der Waals surface area contributed by atoms with Crippen LogP contribution in [0.25, 0.3) is 0 Å². The lowest BCUT2D eigenvalue weighted by Gasteiger charge is -2.40. The van der Waals surface area contributed by atoms with E-state index >= 15 is 8.78 Å². The molecule has 4 nitrogen and oxygen atoms in total. The summed E-state index contributed by atoms with van der Waals surface area (Å²) in [5, 5.41) is 14.3. The Morgan fingerprint density at radius 3 is 2.26 bits per heavy atom. The third kappa shape index (κ3) is 5.57. The van der Waals surface area contributed by atoms with E-state index in [2.05, 4.69) is 32.2 Å². The molecule has 0 spiro atoms. The number of halogens is 4. The Labute approximate surface area is 234 Å². The number of benzene rings is 2. The minimum Gasteiger partial charge on any atom is -0.459 e. The van der Waals surface area contributed by atoms with Crippen LogP contribution in [-0.2, 0) is 14.9 Å². The summed E-state index contributed by atoms with van der Waals surface area (Å²) in [5.41, 5.74) is -2.60. The van der Waals surface area contributed by atoms with E-state index in [9.17, 15) is 10.1 Å². The molecule has 4 atom stereocenters. The average Bonchev–Trinajstić information content (AvgIpc) is 3.17. The third-order valence-corrected chi connectivity index (χ3v) is 8.71. The molecule has 0 radical (unpaired) electrons. The summed E-state index contributed by atoms with van der Waals surface area (Å²) in [6, 6.07) is 9.12. The first-order chi connectivity index (χ1) is 17.8. The van der Waals surface area contributed by atoms with Crippen LogP contribution < -0.4 is 5.32 Å². The minimum atomic E-state index is -1.67. The smallest absolute Gasteiger partial charge is 0.324 e. The second kappa shape index (κ2) is 11.5. The van der Waals surface area contributed by atoms with Crippen LogP contribution in [0, 0.1) is 28.4 Å². The number of nitrogens with one attached hydrogen (secondary N) is 1. The highest BCUT2D eigenvalue weighted by Crippen LogP contribution is 2.54. The summed E-state index contributed by atoms with van der Waals surface area (Å²) < 4.78 is 37.2. The monoisotopic (exact) mass is 564 g/mol. The van der Waals surface area contributed by atoms with Gasteiger partial charge in [-0.2, -0.15) is 5.26 Å². The second-order valence-electron chi connectivity index (χ2n) is 11.2. The van der Waals surface area contributed by atoms with Crippen LogP contribution in [0.1, 0.15) is 84.3 Å². The lowest BCUT2D eigenvalue weighted by molar-refractivity contribution is -0.157. The average molecular weight is 566 g/mol. The van der Waals surface area contributed by atoms with Gasteiger partial charge in [0.1, 0.15) is 28.7 Å². The molecular formula is C30H36Cl2F2N2O2. The van der Waals surface area contributed by atoms with Crippen molar-refractivity contribution in [1.29, 1.82) is 5.26 Å². The normalized spacial score (nSPS) is 23.8. The van der Waals surface area contributed by atoms with Crippen molar-refractivity contribution in [3.05, 3.63) is 69.2 Å². The maximum Gasteiger partial charge on any atom is 0.324 e. The SMILES string of the molecule is CCC(CC)(CC)CC1NC(C(=O)OC(C)(C)C)C(c2cccc(Cl)c2F)C1(C#N)c1ccc(Cl)cc1F. The lowest BCUT2D eigenvalue weighted by atomic mass is 9.61. The van der Waals surface area contributed by atoms with Gasteiger partial charge in [0.05, 0.1) is 11.1 Å². The molecule has 1 aliphatic rings. The van der Waals surface area contributed by atoms with E-state index in [0.717, 1.165) is 25.3 Å². The molecule has 1 aliphatic heterocycles. The maximum absolute atomic E-state index is 15.8. The Hall–Kier alpha value is -2.20. The number of rotatable bonds is 8. The van der Waals surface area contributed by atoms with Crippen LogP contribution in [0.4, 0.5) is 8.78 Å². The van der Waals surface area contributed by atoms with Gasteiger partial charge in [-0.15, -0.1) is 0 Å². The van der Waals surface area contributed by atoms with Gasteiger partial charge in [-0.25, -0.2) is 8.78 Å². The number of carbonyl (C=O) groups excluding carboxylic acids is 1. The highest BCUT2D eigenvalue weighted by atomic mass is 35.5. The number of nitriles is 1. The molecule has 3 rings (SSSR count). The van der Waals surface area contributed by atoms with Gasteiger partial charge in [-0.3, -0.25) is 10.1 Å². The fourth-order valence-corrected chi connectivity index (χ4v) is 6.24. The van der Waals surface area contributed by atoms with Crippen molar-refractivity contribution in [3.8, 4) is 6.07 Å². The van der Waals surface area contributed by atoms with Crippen LogP contribution >= 0.6 is 23.2 Å². The van der Waals surface area contributed by atoms with Gasteiger partial charge in [0.2, 0.25) is 0 Å². The molecule has 1 saturated heterocycles. The van der Waals surface area contributed by atoms with Gasteiger partial charge in [0.25, 0.3) is 0 Å². The molecule has 0 aliphatic carbocycles. The van der Waals surface area contributed by atoms with Crippen molar-refractivity contribution >= 4 is 29.2 Å². The molecule has 0 bridgehead atoms. The molecule has 8 heteroatoms. The molecule has 4 unspecified atom stereocenters. The Morgan fingerprint density at radius 1 is 1.11 bits per heavy atom. The first-order valence-corrected chi connectivity index (χ1v) is 13.8. The van der Waals surface area contributed by atoms with E-state index in [1.807, 2.05) is 0 Å². The lowest BCUT2D eigenvalue weighted by Crippen LogP contribution is -2.46. The molecule has 0 saturated carbocycles. The highest BCUT2D eigenvalue weighted by molar-refractivity contribution is 6.31. The van der Waals surface area contributed by atoms with Crippen LogP contribution in [-0.4, -0.2) is 23.7 Å². The van der Waals surface area contributed by atoms with E-state index < -0.39 is 46.6 Å². The van der Waals surface area contributed by atoms with E-state index in [1.165, 1.54) is 24.3 Å². The molecule has 1 heterocycles. The predicted octanol–water partition coefficient (Wildman–Crippen LogP) is 8.11. The summed E-state index contributed by atoms with van der Waals surface area (Å²) in [5.74, 6) is -3.23. The quantitative estimate of drug-likeness (QED) is 0.329. The summed E-state index contributed by atoms with van der Waals surface area (Å²) in [6.45, 7) is 11.5. The topological polar surface area (TPSA) is 62.1 Å². The fraction of sp³-hybridized carbons (Fsp3) is 0.533. The van der Waals surface area contributed by atoms with Crippen LogP contribution in [0.3, 0.4) is 0 Å². The zero-order chi connectivity index (χ0) is 28.5. The summed E-state index contributed by atoms with van der Waals surface area (Å²) in [4.78, 5) is 13.7. The zero-order valence-corrected chi connectivity index (χ0v) is 24.3. The van der Waals surface area contributed by atoms with Crippen molar-refractivity contribution < 1.29 is 18.3 Å². The number of hydrogen-bond donors (Lipinski definition) is 1. The number of esters is 1. The molecule has 206 valence electrons. The van der Waals surface area contributed by atoms with E-state index in [-0.39, 0.29) is 26.6 Å². The zero-order valence-electron chi connectivity index (χ0n) is 22.8. The Morgan fingerprint density at radius 2 is 1.74 bits per heavy atom. The largest absolute Gasteiger partial charge is 0.459 e. The van der Waals surface area contributed by atoms with Gasteiger partial charge in [-0.1, -0.05) is 81.4 Å². The number of nitrogens with zero attached hydrogens (tertiary/aromatic N) is 1. The molecule has 2 aromatic carbocycles. The minimum absolute atomic E-state index is 0.0503. The van der Waals surface area contributed by atoms with Crippen molar-refractivity contribution in [2.24, 2.45) is 5.41 Å². The molecule has 0 aromatic heterocycles. The van der Waals surface area contributed by atoms with Crippen molar-refractivity contribution in [2.75, 3.05) is 0 Å². The number of hydrogen-bond acceptors (Lipinski definition) is 4. The van der Waals surface area contributed by atoms with Crippen LogP contribution in [0.5, 0.6) is 0 Å². The number of carbonyl (C=O) groups is 1. The maximum atomic E-state index is 15.8. The molecule has 1 fully saturated rings. The highest BCUT2D eigenvalue weighted by Gasteiger charge is 2.62. The van der Waals surface area contributed by atoms with E-state index in [1.54, 1.807) is 26.8 Å².